The number of halogens is 1. The summed E-state index contributed by atoms with van der Waals surface area (Å²) in [6, 6.07) is 6.87. The third kappa shape index (κ3) is 3.27. The van der Waals surface area contributed by atoms with Crippen LogP contribution in [0.2, 0.25) is 5.02 Å². The average Bonchev–Trinajstić information content (AvgIpc) is 3.10. The molecule has 2 rings (SSSR count). The molecule has 0 amide bonds. The highest BCUT2D eigenvalue weighted by atomic mass is 35.5. The van der Waals surface area contributed by atoms with E-state index in [-0.39, 0.29) is 0 Å². The van der Waals surface area contributed by atoms with E-state index >= 15 is 0 Å². The first-order valence-electron chi connectivity index (χ1n) is 6.08. The number of anilines is 2. The second kappa shape index (κ2) is 5.15. The Morgan fingerprint density at radius 1 is 1.53 bits per heavy atom. The summed E-state index contributed by atoms with van der Waals surface area (Å²) in [6.45, 7) is 3.13. The quantitative estimate of drug-likeness (QED) is 0.793. The summed E-state index contributed by atoms with van der Waals surface area (Å²) < 4.78 is 0. The number of nitrogen functional groups attached to an aromatic ring is 1. The van der Waals surface area contributed by atoms with E-state index in [1.807, 2.05) is 12.1 Å². The molecule has 1 aromatic rings. The molecule has 1 aliphatic carbocycles. The van der Waals surface area contributed by atoms with Gasteiger partial charge in [0.05, 0.1) is 10.7 Å². The predicted octanol–water partition coefficient (Wildman–Crippen LogP) is 2.82. The Bertz CT molecular complexity index is 390. The van der Waals surface area contributed by atoms with Crippen LogP contribution in [-0.2, 0) is 0 Å². The number of benzene rings is 1. The number of nitrogens with two attached hydrogens (primary N) is 1. The van der Waals surface area contributed by atoms with Crippen molar-refractivity contribution < 1.29 is 0 Å². The normalized spacial score (nSPS) is 17.2. The molecule has 3 nitrogen and oxygen atoms in total. The summed E-state index contributed by atoms with van der Waals surface area (Å²) in [7, 11) is 2.19. The van der Waals surface area contributed by atoms with Gasteiger partial charge in [0.25, 0.3) is 0 Å². The van der Waals surface area contributed by atoms with Crippen LogP contribution in [0.3, 0.4) is 0 Å². The van der Waals surface area contributed by atoms with Crippen LogP contribution in [-0.4, -0.2) is 30.6 Å². The second-order valence-corrected chi connectivity index (χ2v) is 5.27. The van der Waals surface area contributed by atoms with Crippen molar-refractivity contribution in [1.82, 2.24) is 4.90 Å². The number of nitrogens with zero attached hydrogens (tertiary/aromatic N) is 1. The average molecular weight is 254 g/mol. The topological polar surface area (TPSA) is 41.3 Å². The molecular weight excluding hydrogens is 234 g/mol. The van der Waals surface area contributed by atoms with E-state index in [0.717, 1.165) is 18.3 Å². The van der Waals surface area contributed by atoms with Crippen LogP contribution in [0.1, 0.15) is 19.8 Å². The van der Waals surface area contributed by atoms with E-state index in [0.29, 0.717) is 16.8 Å². The fourth-order valence-electron chi connectivity index (χ4n) is 1.92. The lowest BCUT2D eigenvalue weighted by Gasteiger charge is -2.25. The number of hydrogen-bond acceptors (Lipinski definition) is 3. The first-order valence-corrected chi connectivity index (χ1v) is 6.46. The second-order valence-electron chi connectivity index (χ2n) is 4.87. The minimum atomic E-state index is 0.510. The van der Waals surface area contributed by atoms with Crippen LogP contribution in [0, 0.1) is 0 Å². The minimum absolute atomic E-state index is 0.510. The summed E-state index contributed by atoms with van der Waals surface area (Å²) in [5.41, 5.74) is 7.31. The van der Waals surface area contributed by atoms with Gasteiger partial charge in [-0.05, 0) is 45.0 Å². The molecule has 1 unspecified atom stereocenters. The minimum Gasteiger partial charge on any atom is -0.399 e. The van der Waals surface area contributed by atoms with Gasteiger partial charge in [-0.3, -0.25) is 4.90 Å². The van der Waals surface area contributed by atoms with Gasteiger partial charge in [0.2, 0.25) is 0 Å². The molecule has 1 saturated carbocycles. The van der Waals surface area contributed by atoms with E-state index in [1.54, 1.807) is 6.07 Å². The van der Waals surface area contributed by atoms with E-state index in [9.17, 15) is 0 Å². The van der Waals surface area contributed by atoms with E-state index in [1.165, 1.54) is 12.8 Å². The number of likely N-dealkylation sites (N-methyl/N-ethyl adjacent to an activating group) is 1. The summed E-state index contributed by atoms with van der Waals surface area (Å²) in [4.78, 5) is 2.43. The standard InChI is InChI=1S/C13H20ClN3/c1-9(17(2)11-4-5-11)8-16-13-6-3-10(15)7-12(13)14/h3,6-7,9,11,16H,4-5,8,15H2,1-2H3. The van der Waals surface area contributed by atoms with Crippen LogP contribution >= 0.6 is 11.6 Å². The third-order valence-corrected chi connectivity index (χ3v) is 3.71. The van der Waals surface area contributed by atoms with Crippen molar-refractivity contribution in [1.29, 1.82) is 0 Å². The summed E-state index contributed by atoms with van der Waals surface area (Å²) >= 11 is 6.11. The fourth-order valence-corrected chi connectivity index (χ4v) is 2.17. The van der Waals surface area contributed by atoms with Crippen molar-refractivity contribution in [2.45, 2.75) is 31.8 Å². The van der Waals surface area contributed by atoms with Crippen LogP contribution in [0.25, 0.3) is 0 Å². The number of hydrogen-bond donors (Lipinski definition) is 2. The Hall–Kier alpha value is -0.930. The van der Waals surface area contributed by atoms with Crippen molar-refractivity contribution in [2.24, 2.45) is 0 Å². The van der Waals surface area contributed by atoms with Gasteiger partial charge in [-0.1, -0.05) is 11.6 Å². The first-order chi connectivity index (χ1) is 8.08. The Morgan fingerprint density at radius 2 is 2.24 bits per heavy atom. The molecule has 0 radical (unpaired) electrons. The maximum atomic E-state index is 6.11. The van der Waals surface area contributed by atoms with Gasteiger partial charge in [-0.15, -0.1) is 0 Å². The van der Waals surface area contributed by atoms with Gasteiger partial charge in [-0.2, -0.15) is 0 Å². The molecule has 0 heterocycles. The summed E-state index contributed by atoms with van der Waals surface area (Å²) in [5, 5.41) is 4.06. The van der Waals surface area contributed by atoms with Crippen molar-refractivity contribution in [3.05, 3.63) is 23.2 Å². The molecule has 0 saturated heterocycles. The van der Waals surface area contributed by atoms with Crippen molar-refractivity contribution in [2.75, 3.05) is 24.6 Å². The van der Waals surface area contributed by atoms with Crippen LogP contribution < -0.4 is 11.1 Å². The Labute approximate surface area is 108 Å². The van der Waals surface area contributed by atoms with Crippen molar-refractivity contribution >= 4 is 23.0 Å². The fraction of sp³-hybridized carbons (Fsp3) is 0.538. The molecule has 0 aromatic heterocycles. The SMILES string of the molecule is CC(CNc1ccc(N)cc1Cl)N(C)C1CC1. The van der Waals surface area contributed by atoms with Crippen LogP contribution in [0.15, 0.2) is 18.2 Å². The maximum Gasteiger partial charge on any atom is 0.0657 e. The first kappa shape index (κ1) is 12.5. The molecular formula is C13H20ClN3. The van der Waals surface area contributed by atoms with E-state index in [4.69, 9.17) is 17.3 Å². The molecule has 0 spiro atoms. The van der Waals surface area contributed by atoms with Crippen molar-refractivity contribution in [3.63, 3.8) is 0 Å². The Kier molecular flexibility index (Phi) is 3.79. The molecule has 1 fully saturated rings. The zero-order chi connectivity index (χ0) is 12.4. The van der Waals surface area contributed by atoms with Gasteiger partial charge in [0.1, 0.15) is 0 Å². The van der Waals surface area contributed by atoms with Crippen LogP contribution in [0.4, 0.5) is 11.4 Å². The third-order valence-electron chi connectivity index (χ3n) is 3.40. The Morgan fingerprint density at radius 3 is 2.82 bits per heavy atom. The van der Waals surface area contributed by atoms with E-state index in [2.05, 4.69) is 24.2 Å². The Balaban J connectivity index is 1.88. The molecule has 1 atom stereocenters. The molecule has 1 aromatic carbocycles. The number of rotatable bonds is 5. The zero-order valence-corrected chi connectivity index (χ0v) is 11.2. The highest BCUT2D eigenvalue weighted by molar-refractivity contribution is 6.33. The zero-order valence-electron chi connectivity index (χ0n) is 10.4. The van der Waals surface area contributed by atoms with E-state index < -0.39 is 0 Å². The lowest BCUT2D eigenvalue weighted by atomic mass is 10.2. The lowest BCUT2D eigenvalue weighted by Crippen LogP contribution is -2.36. The molecule has 4 heteroatoms. The highest BCUT2D eigenvalue weighted by Crippen LogP contribution is 2.28. The van der Waals surface area contributed by atoms with Gasteiger partial charge < -0.3 is 11.1 Å². The molecule has 0 bridgehead atoms. The summed E-state index contributed by atoms with van der Waals surface area (Å²) in [5.74, 6) is 0. The monoisotopic (exact) mass is 253 g/mol. The maximum absolute atomic E-state index is 6.11. The molecule has 3 N–H and O–H groups in total. The molecule has 0 aliphatic heterocycles. The smallest absolute Gasteiger partial charge is 0.0657 e. The molecule has 94 valence electrons. The number of nitrogens with one attached hydrogen (secondary N) is 1. The van der Waals surface area contributed by atoms with Crippen LogP contribution in [0.5, 0.6) is 0 Å². The largest absolute Gasteiger partial charge is 0.399 e. The molecule has 17 heavy (non-hydrogen) atoms. The molecule has 1 aliphatic rings. The highest BCUT2D eigenvalue weighted by Gasteiger charge is 2.28. The van der Waals surface area contributed by atoms with Gasteiger partial charge >= 0.3 is 0 Å². The van der Waals surface area contributed by atoms with Gasteiger partial charge in [0, 0.05) is 24.3 Å². The van der Waals surface area contributed by atoms with Gasteiger partial charge in [-0.25, -0.2) is 0 Å². The predicted molar refractivity (Wildman–Crippen MR) is 74.6 cm³/mol. The lowest BCUT2D eigenvalue weighted by molar-refractivity contribution is 0.257. The van der Waals surface area contributed by atoms with Crippen molar-refractivity contribution in [3.8, 4) is 0 Å². The summed E-state index contributed by atoms with van der Waals surface area (Å²) in [6.07, 6.45) is 2.67. The van der Waals surface area contributed by atoms with Gasteiger partial charge in [0.15, 0.2) is 0 Å².